The van der Waals surface area contributed by atoms with E-state index in [9.17, 15) is 0 Å². The summed E-state index contributed by atoms with van der Waals surface area (Å²) in [7, 11) is 4.26. The third kappa shape index (κ3) is 6.25. The lowest BCUT2D eigenvalue weighted by molar-refractivity contribution is 0.223. The summed E-state index contributed by atoms with van der Waals surface area (Å²) in [5.41, 5.74) is 1.60. The van der Waals surface area contributed by atoms with Crippen LogP contribution in [-0.2, 0) is 0 Å². The summed E-state index contributed by atoms with van der Waals surface area (Å²) >= 11 is 5.97. The number of nitrogens with zero attached hydrogens (tertiary/aromatic N) is 1. The molecule has 114 valence electrons. The van der Waals surface area contributed by atoms with Crippen molar-refractivity contribution in [1.82, 2.24) is 10.2 Å². The van der Waals surface area contributed by atoms with Crippen LogP contribution in [0.3, 0.4) is 0 Å². The van der Waals surface area contributed by atoms with Crippen LogP contribution in [0, 0.1) is 5.41 Å². The first-order valence-corrected chi connectivity index (χ1v) is 7.85. The van der Waals surface area contributed by atoms with Gasteiger partial charge in [0.1, 0.15) is 0 Å². The maximum Gasteiger partial charge on any atom is 0.0406 e. The fourth-order valence-electron chi connectivity index (χ4n) is 2.68. The predicted molar refractivity (Wildman–Crippen MR) is 89.4 cm³/mol. The van der Waals surface area contributed by atoms with Crippen LogP contribution in [0.25, 0.3) is 0 Å². The fraction of sp³-hybridized carbons (Fsp3) is 0.647. The lowest BCUT2D eigenvalue weighted by Crippen LogP contribution is -2.39. The van der Waals surface area contributed by atoms with E-state index < -0.39 is 0 Å². The van der Waals surface area contributed by atoms with E-state index in [-0.39, 0.29) is 5.41 Å². The van der Waals surface area contributed by atoms with Crippen molar-refractivity contribution in [3.63, 3.8) is 0 Å². The van der Waals surface area contributed by atoms with E-state index in [4.69, 9.17) is 11.6 Å². The SMILES string of the molecule is CCCC(NCC(C)(C)CN(C)C)c1ccc(Cl)cc1. The van der Waals surface area contributed by atoms with Gasteiger partial charge in [0.25, 0.3) is 0 Å². The van der Waals surface area contributed by atoms with Crippen LogP contribution in [-0.4, -0.2) is 32.1 Å². The minimum absolute atomic E-state index is 0.266. The van der Waals surface area contributed by atoms with Crippen molar-refractivity contribution in [3.05, 3.63) is 34.9 Å². The Kier molecular flexibility index (Phi) is 7.01. The largest absolute Gasteiger partial charge is 0.309 e. The van der Waals surface area contributed by atoms with E-state index in [0.717, 1.165) is 24.5 Å². The summed E-state index contributed by atoms with van der Waals surface area (Å²) in [6.07, 6.45) is 2.33. The smallest absolute Gasteiger partial charge is 0.0406 e. The van der Waals surface area contributed by atoms with Crippen molar-refractivity contribution in [1.29, 1.82) is 0 Å². The maximum absolute atomic E-state index is 5.97. The number of rotatable bonds is 8. The number of hydrogen-bond acceptors (Lipinski definition) is 2. The van der Waals surface area contributed by atoms with Crippen molar-refractivity contribution >= 4 is 11.6 Å². The second-order valence-electron chi connectivity index (χ2n) is 6.68. The van der Waals surface area contributed by atoms with E-state index in [1.807, 2.05) is 12.1 Å². The number of hydrogen-bond donors (Lipinski definition) is 1. The summed E-state index contributed by atoms with van der Waals surface area (Å²) in [6.45, 7) is 8.95. The van der Waals surface area contributed by atoms with E-state index in [1.54, 1.807) is 0 Å². The molecular weight excluding hydrogens is 268 g/mol. The molecule has 0 saturated heterocycles. The summed E-state index contributed by atoms with van der Waals surface area (Å²) < 4.78 is 0. The van der Waals surface area contributed by atoms with Crippen molar-refractivity contribution in [2.45, 2.75) is 39.7 Å². The Morgan fingerprint density at radius 1 is 1.20 bits per heavy atom. The van der Waals surface area contributed by atoms with Gasteiger partial charge in [0.2, 0.25) is 0 Å². The van der Waals surface area contributed by atoms with Crippen LogP contribution in [0.4, 0.5) is 0 Å². The van der Waals surface area contributed by atoms with Crippen molar-refractivity contribution in [2.24, 2.45) is 5.41 Å². The van der Waals surface area contributed by atoms with Gasteiger partial charge in [-0.05, 0) is 43.6 Å². The van der Waals surface area contributed by atoms with Crippen LogP contribution in [0.1, 0.15) is 45.2 Å². The maximum atomic E-state index is 5.97. The lowest BCUT2D eigenvalue weighted by Gasteiger charge is -2.31. The lowest BCUT2D eigenvalue weighted by atomic mass is 9.91. The Hall–Kier alpha value is -0.570. The molecule has 0 saturated carbocycles. The summed E-state index contributed by atoms with van der Waals surface area (Å²) in [4.78, 5) is 2.25. The molecule has 1 aromatic carbocycles. The average molecular weight is 297 g/mol. The Morgan fingerprint density at radius 3 is 2.30 bits per heavy atom. The highest BCUT2D eigenvalue weighted by Gasteiger charge is 2.21. The molecule has 0 aromatic heterocycles. The van der Waals surface area contributed by atoms with Gasteiger partial charge in [-0.3, -0.25) is 0 Å². The second kappa shape index (κ2) is 8.02. The average Bonchev–Trinajstić information content (AvgIpc) is 2.34. The molecule has 0 radical (unpaired) electrons. The topological polar surface area (TPSA) is 15.3 Å². The summed E-state index contributed by atoms with van der Waals surface area (Å²) in [5, 5.41) is 4.54. The predicted octanol–water partition coefficient (Wildman–Crippen LogP) is 4.36. The van der Waals surface area contributed by atoms with Crippen LogP contribution in [0.2, 0.25) is 5.02 Å². The van der Waals surface area contributed by atoms with Gasteiger partial charge in [0, 0.05) is 24.2 Å². The van der Waals surface area contributed by atoms with Crippen LogP contribution in [0.5, 0.6) is 0 Å². The monoisotopic (exact) mass is 296 g/mol. The molecular formula is C17H29ClN2. The molecule has 1 rings (SSSR count). The Morgan fingerprint density at radius 2 is 1.80 bits per heavy atom. The van der Waals surface area contributed by atoms with Crippen LogP contribution >= 0.6 is 11.6 Å². The number of benzene rings is 1. The van der Waals surface area contributed by atoms with E-state index in [2.05, 4.69) is 57.2 Å². The summed E-state index contributed by atoms with van der Waals surface area (Å²) in [6, 6.07) is 8.64. The Bertz CT molecular complexity index is 384. The molecule has 1 N–H and O–H groups in total. The molecule has 0 spiro atoms. The molecule has 3 heteroatoms. The first kappa shape index (κ1) is 17.5. The van der Waals surface area contributed by atoms with Gasteiger partial charge in [-0.15, -0.1) is 0 Å². The van der Waals surface area contributed by atoms with Gasteiger partial charge in [0.15, 0.2) is 0 Å². The molecule has 1 aromatic rings. The molecule has 0 fully saturated rings. The third-order valence-electron chi connectivity index (χ3n) is 3.42. The van der Waals surface area contributed by atoms with Gasteiger partial charge in [-0.1, -0.05) is 50.9 Å². The van der Waals surface area contributed by atoms with Gasteiger partial charge < -0.3 is 10.2 Å². The van der Waals surface area contributed by atoms with Crippen molar-refractivity contribution in [2.75, 3.05) is 27.2 Å². The standard InChI is InChI=1S/C17H29ClN2/c1-6-7-16(14-8-10-15(18)11-9-14)19-12-17(2,3)13-20(4)5/h8-11,16,19H,6-7,12-13H2,1-5H3. The molecule has 1 atom stereocenters. The molecule has 0 amide bonds. The minimum atomic E-state index is 0.266. The zero-order valence-electron chi connectivity index (χ0n) is 13.5. The van der Waals surface area contributed by atoms with E-state index >= 15 is 0 Å². The summed E-state index contributed by atoms with van der Waals surface area (Å²) in [5.74, 6) is 0. The molecule has 0 heterocycles. The number of halogens is 1. The van der Waals surface area contributed by atoms with Gasteiger partial charge >= 0.3 is 0 Å². The van der Waals surface area contributed by atoms with Crippen LogP contribution in [0.15, 0.2) is 24.3 Å². The highest BCUT2D eigenvalue weighted by molar-refractivity contribution is 6.30. The van der Waals surface area contributed by atoms with E-state index in [0.29, 0.717) is 6.04 Å². The molecule has 20 heavy (non-hydrogen) atoms. The van der Waals surface area contributed by atoms with Crippen LogP contribution < -0.4 is 5.32 Å². The van der Waals surface area contributed by atoms with Crippen molar-refractivity contribution < 1.29 is 0 Å². The molecule has 0 bridgehead atoms. The molecule has 0 aliphatic rings. The van der Waals surface area contributed by atoms with Gasteiger partial charge in [-0.25, -0.2) is 0 Å². The molecule has 2 nitrogen and oxygen atoms in total. The zero-order valence-corrected chi connectivity index (χ0v) is 14.3. The first-order valence-electron chi connectivity index (χ1n) is 7.47. The fourth-order valence-corrected chi connectivity index (χ4v) is 2.81. The van der Waals surface area contributed by atoms with Crippen molar-refractivity contribution in [3.8, 4) is 0 Å². The molecule has 0 aliphatic carbocycles. The van der Waals surface area contributed by atoms with Gasteiger partial charge in [0.05, 0.1) is 0 Å². The quantitative estimate of drug-likeness (QED) is 0.767. The highest BCUT2D eigenvalue weighted by Crippen LogP contribution is 2.23. The molecule has 0 aliphatic heterocycles. The molecule has 1 unspecified atom stereocenters. The zero-order chi connectivity index (χ0) is 15.2. The Labute approximate surface area is 129 Å². The normalized spacial score (nSPS) is 13.8. The minimum Gasteiger partial charge on any atom is -0.309 e. The van der Waals surface area contributed by atoms with Gasteiger partial charge in [-0.2, -0.15) is 0 Å². The first-order chi connectivity index (χ1) is 9.34. The Balaban J connectivity index is 2.65. The second-order valence-corrected chi connectivity index (χ2v) is 7.11. The third-order valence-corrected chi connectivity index (χ3v) is 3.67. The van der Waals surface area contributed by atoms with E-state index in [1.165, 1.54) is 12.0 Å². The number of nitrogens with one attached hydrogen (secondary N) is 1. The highest BCUT2D eigenvalue weighted by atomic mass is 35.5.